The lowest BCUT2D eigenvalue weighted by Crippen LogP contribution is -2.40. The molecule has 3 aromatic rings. The van der Waals surface area contributed by atoms with E-state index in [1.54, 1.807) is 4.40 Å². The molecule has 0 saturated heterocycles. The molecule has 1 aliphatic carbocycles. The zero-order valence-corrected chi connectivity index (χ0v) is 14.5. The number of hydrogen-bond donors (Lipinski definition) is 1. The first-order chi connectivity index (χ1) is 12.1. The number of hydrogen-bond acceptors (Lipinski definition) is 3. The molecule has 25 heavy (non-hydrogen) atoms. The zero-order valence-electron chi connectivity index (χ0n) is 14.5. The van der Waals surface area contributed by atoms with Gasteiger partial charge in [-0.15, -0.1) is 5.10 Å². The number of fused-ring (bicyclic) bond motifs is 3. The summed E-state index contributed by atoms with van der Waals surface area (Å²) in [4.78, 5) is 25.0. The number of pyridine rings is 1. The molecular formula is C19H22N4O2. The topological polar surface area (TPSA) is 68.4 Å². The highest BCUT2D eigenvalue weighted by Crippen LogP contribution is 2.29. The van der Waals surface area contributed by atoms with Gasteiger partial charge in [0.25, 0.3) is 0 Å². The Morgan fingerprint density at radius 1 is 1.36 bits per heavy atom. The van der Waals surface area contributed by atoms with Crippen LogP contribution in [0.25, 0.3) is 16.6 Å². The predicted octanol–water partition coefficient (Wildman–Crippen LogP) is 2.26. The van der Waals surface area contributed by atoms with Crippen LogP contribution in [0, 0.1) is 12.8 Å². The minimum Gasteiger partial charge on any atom is -0.351 e. The molecule has 2 heterocycles. The molecule has 0 unspecified atom stereocenters. The fraction of sp³-hybridized carbons (Fsp3) is 0.421. The molecule has 4 rings (SSSR count). The lowest BCUT2D eigenvalue weighted by molar-refractivity contribution is -0.123. The van der Waals surface area contributed by atoms with Crippen molar-refractivity contribution in [1.29, 1.82) is 0 Å². The minimum atomic E-state index is -0.158. The van der Waals surface area contributed by atoms with Gasteiger partial charge in [0.05, 0.1) is 12.1 Å². The summed E-state index contributed by atoms with van der Waals surface area (Å²) < 4.78 is 3.15. The Labute approximate surface area is 145 Å². The fourth-order valence-corrected chi connectivity index (χ4v) is 3.26. The summed E-state index contributed by atoms with van der Waals surface area (Å²) in [6, 6.07) is 9.78. The Hall–Kier alpha value is -2.63. The van der Waals surface area contributed by atoms with Gasteiger partial charge in [0.1, 0.15) is 0 Å². The highest BCUT2D eigenvalue weighted by atomic mass is 16.2. The first-order valence-electron chi connectivity index (χ1n) is 8.86. The van der Waals surface area contributed by atoms with E-state index < -0.39 is 0 Å². The van der Waals surface area contributed by atoms with Crippen LogP contribution in [0.15, 0.2) is 35.1 Å². The van der Waals surface area contributed by atoms with Crippen LogP contribution in [-0.4, -0.2) is 26.1 Å². The molecule has 0 bridgehead atoms. The van der Waals surface area contributed by atoms with E-state index >= 15 is 0 Å². The Kier molecular flexibility index (Phi) is 3.82. The van der Waals surface area contributed by atoms with E-state index in [0.717, 1.165) is 35.7 Å². The summed E-state index contributed by atoms with van der Waals surface area (Å²) >= 11 is 0. The van der Waals surface area contributed by atoms with Gasteiger partial charge in [-0.05, 0) is 49.3 Å². The molecule has 0 spiro atoms. The number of carbonyl (C=O) groups excluding carboxylic acids is 1. The Bertz CT molecular complexity index is 1010. The monoisotopic (exact) mass is 338 g/mol. The molecule has 1 aromatic carbocycles. The smallest absolute Gasteiger partial charge is 0.350 e. The second-order valence-corrected chi connectivity index (χ2v) is 6.90. The van der Waals surface area contributed by atoms with Crippen molar-refractivity contribution in [2.24, 2.45) is 5.92 Å². The predicted molar refractivity (Wildman–Crippen MR) is 96.6 cm³/mol. The third-order valence-corrected chi connectivity index (χ3v) is 4.92. The third kappa shape index (κ3) is 2.81. The average Bonchev–Trinajstić information content (AvgIpc) is 3.40. The molecule has 1 aliphatic rings. The maximum atomic E-state index is 12.9. The number of para-hydroxylation sites is 1. The standard InChI is InChI=1S/C19H22N4O2/c1-3-15(20-18(24)13-8-9-13)11-22-19(25)23-16-7-5-4-6-14(16)10-12(2)17(23)21-22/h4-7,10,13,15H,3,8-9,11H2,1-2H3,(H,20,24)/t15-/m1/s1. The van der Waals surface area contributed by atoms with Gasteiger partial charge in [0, 0.05) is 12.0 Å². The van der Waals surface area contributed by atoms with Crippen molar-refractivity contribution in [1.82, 2.24) is 19.5 Å². The van der Waals surface area contributed by atoms with Crippen LogP contribution < -0.4 is 11.0 Å². The van der Waals surface area contributed by atoms with Crippen molar-refractivity contribution in [2.75, 3.05) is 0 Å². The summed E-state index contributed by atoms with van der Waals surface area (Å²) in [5.74, 6) is 0.267. The maximum absolute atomic E-state index is 12.9. The third-order valence-electron chi connectivity index (χ3n) is 4.92. The van der Waals surface area contributed by atoms with Crippen LogP contribution >= 0.6 is 0 Å². The summed E-state index contributed by atoms with van der Waals surface area (Å²) in [5.41, 5.74) is 2.33. The van der Waals surface area contributed by atoms with E-state index in [2.05, 4.69) is 10.4 Å². The van der Waals surface area contributed by atoms with E-state index in [1.807, 2.05) is 44.2 Å². The SMILES string of the molecule is CC[C@H](Cn1nc2c(C)cc3ccccc3n2c1=O)NC(=O)C1CC1. The van der Waals surface area contributed by atoms with Gasteiger partial charge in [-0.25, -0.2) is 13.9 Å². The van der Waals surface area contributed by atoms with Crippen LogP contribution in [0.2, 0.25) is 0 Å². The van der Waals surface area contributed by atoms with Crippen molar-refractivity contribution in [3.05, 3.63) is 46.4 Å². The molecule has 1 N–H and O–H groups in total. The van der Waals surface area contributed by atoms with E-state index in [0.29, 0.717) is 12.2 Å². The first kappa shape index (κ1) is 15.9. The molecule has 1 fully saturated rings. The average molecular weight is 338 g/mol. The minimum absolute atomic E-state index is 0.0812. The highest BCUT2D eigenvalue weighted by Gasteiger charge is 2.30. The fourth-order valence-electron chi connectivity index (χ4n) is 3.26. The van der Waals surface area contributed by atoms with Crippen LogP contribution in [0.3, 0.4) is 0 Å². The summed E-state index contributed by atoms with van der Waals surface area (Å²) in [7, 11) is 0. The van der Waals surface area contributed by atoms with Gasteiger partial charge in [-0.1, -0.05) is 25.1 Å². The Morgan fingerprint density at radius 3 is 2.84 bits per heavy atom. The van der Waals surface area contributed by atoms with Crippen LogP contribution in [0.4, 0.5) is 0 Å². The second-order valence-electron chi connectivity index (χ2n) is 6.90. The number of carbonyl (C=O) groups is 1. The van der Waals surface area contributed by atoms with Crippen LogP contribution in [0.1, 0.15) is 31.7 Å². The van der Waals surface area contributed by atoms with E-state index in [1.165, 1.54) is 4.68 Å². The molecule has 0 aliphatic heterocycles. The summed E-state index contributed by atoms with van der Waals surface area (Å²) in [6.07, 6.45) is 2.71. The van der Waals surface area contributed by atoms with Gasteiger partial charge in [-0.2, -0.15) is 0 Å². The van der Waals surface area contributed by atoms with Gasteiger partial charge in [-0.3, -0.25) is 4.79 Å². The van der Waals surface area contributed by atoms with Gasteiger partial charge < -0.3 is 5.32 Å². The largest absolute Gasteiger partial charge is 0.351 e. The number of nitrogens with one attached hydrogen (secondary N) is 1. The Morgan fingerprint density at radius 2 is 2.12 bits per heavy atom. The Balaban J connectivity index is 1.73. The van der Waals surface area contributed by atoms with Crippen molar-refractivity contribution < 1.29 is 4.79 Å². The van der Waals surface area contributed by atoms with Crippen molar-refractivity contribution in [3.8, 4) is 0 Å². The van der Waals surface area contributed by atoms with Crippen molar-refractivity contribution >= 4 is 22.5 Å². The quantitative estimate of drug-likeness (QED) is 0.776. The van der Waals surface area contributed by atoms with E-state index in [-0.39, 0.29) is 23.6 Å². The molecule has 2 aromatic heterocycles. The molecule has 6 heteroatoms. The molecule has 6 nitrogen and oxygen atoms in total. The zero-order chi connectivity index (χ0) is 17.6. The molecular weight excluding hydrogens is 316 g/mol. The van der Waals surface area contributed by atoms with Gasteiger partial charge in [0.2, 0.25) is 5.91 Å². The molecule has 1 saturated carbocycles. The number of nitrogens with zero attached hydrogens (tertiary/aromatic N) is 3. The van der Waals surface area contributed by atoms with Crippen molar-refractivity contribution in [2.45, 2.75) is 45.7 Å². The number of aromatic nitrogens is 3. The molecule has 1 atom stereocenters. The van der Waals surface area contributed by atoms with Crippen molar-refractivity contribution in [3.63, 3.8) is 0 Å². The molecule has 0 radical (unpaired) electrons. The van der Waals surface area contributed by atoms with Gasteiger partial charge >= 0.3 is 5.69 Å². The normalized spacial score (nSPS) is 15.6. The first-order valence-corrected chi connectivity index (χ1v) is 8.86. The van der Waals surface area contributed by atoms with Crippen LogP contribution in [0.5, 0.6) is 0 Å². The summed E-state index contributed by atoms with van der Waals surface area (Å²) in [5, 5.41) is 8.60. The lowest BCUT2D eigenvalue weighted by Gasteiger charge is -2.16. The van der Waals surface area contributed by atoms with Crippen LogP contribution in [-0.2, 0) is 11.3 Å². The maximum Gasteiger partial charge on any atom is 0.350 e. The number of aryl methyl sites for hydroxylation is 1. The molecule has 130 valence electrons. The van der Waals surface area contributed by atoms with E-state index in [9.17, 15) is 9.59 Å². The number of amides is 1. The second kappa shape index (κ2) is 6.02. The van der Waals surface area contributed by atoms with Gasteiger partial charge in [0.15, 0.2) is 5.65 Å². The number of benzene rings is 1. The van der Waals surface area contributed by atoms with E-state index in [4.69, 9.17) is 0 Å². The highest BCUT2D eigenvalue weighted by molar-refractivity contribution is 5.83. The summed E-state index contributed by atoms with van der Waals surface area (Å²) in [6.45, 7) is 4.37. The lowest BCUT2D eigenvalue weighted by atomic mass is 10.1. The number of rotatable bonds is 5. The molecule has 1 amide bonds.